The number of carboxylic acid groups (broad SMARTS) is 1. The van der Waals surface area contributed by atoms with Gasteiger partial charge in [0.1, 0.15) is 15.4 Å². The molecule has 13 heteroatoms. The molecule has 2 N–H and O–H groups in total. The topological polar surface area (TPSA) is 136 Å². The summed E-state index contributed by atoms with van der Waals surface area (Å²) in [6.45, 7) is 0.647. The zero-order chi connectivity index (χ0) is 25.6. The minimum Gasteiger partial charge on any atom is -0.480 e. The van der Waals surface area contributed by atoms with Gasteiger partial charge in [0.05, 0.1) is 18.4 Å². The number of nitrogens with zero attached hydrogens (tertiary/aromatic N) is 1. The molecule has 4 rings (SSSR count). The van der Waals surface area contributed by atoms with E-state index in [0.29, 0.717) is 18.1 Å². The molecule has 0 amide bonds. The van der Waals surface area contributed by atoms with Gasteiger partial charge in [-0.25, -0.2) is 8.42 Å². The molecule has 9 nitrogen and oxygen atoms in total. The first-order valence-corrected chi connectivity index (χ1v) is 12.5. The first kappa shape index (κ1) is 24.9. The SMILES string of the molecule is COC(=O)Cc1cccc(C2CC2(NS(=O)(=O)c2ccc(-c3cc(C(C)(F)F)on3)s2)C(=O)O)c1. The van der Waals surface area contributed by atoms with Gasteiger partial charge in [0.25, 0.3) is 10.0 Å². The maximum absolute atomic E-state index is 13.4. The first-order valence-electron chi connectivity index (χ1n) is 10.2. The Labute approximate surface area is 202 Å². The van der Waals surface area contributed by atoms with E-state index < -0.39 is 45.1 Å². The Morgan fingerprint density at radius 2 is 2.06 bits per heavy atom. The van der Waals surface area contributed by atoms with E-state index in [4.69, 9.17) is 0 Å². The Balaban J connectivity index is 1.56. The van der Waals surface area contributed by atoms with Crippen molar-refractivity contribution in [1.82, 2.24) is 9.88 Å². The zero-order valence-electron chi connectivity index (χ0n) is 18.4. The number of carbonyl (C=O) groups is 2. The first-order chi connectivity index (χ1) is 16.4. The smallest absolute Gasteiger partial charge is 0.325 e. The second-order valence-corrected chi connectivity index (χ2v) is 11.2. The van der Waals surface area contributed by atoms with Crippen molar-refractivity contribution in [2.45, 2.75) is 41.4 Å². The average Bonchev–Trinajstić information content (AvgIpc) is 3.14. The summed E-state index contributed by atoms with van der Waals surface area (Å²) < 4.78 is 64.3. The predicted octanol–water partition coefficient (Wildman–Crippen LogP) is 3.52. The number of carboxylic acids is 1. The molecule has 2 unspecified atom stereocenters. The molecular formula is C22H20F2N2O7S2. The fraction of sp³-hybridized carbons (Fsp3) is 0.318. The van der Waals surface area contributed by atoms with Gasteiger partial charge in [-0.05, 0) is 29.7 Å². The molecule has 2 aromatic heterocycles. The summed E-state index contributed by atoms with van der Waals surface area (Å²) in [6.07, 6.45) is 0.00819. The van der Waals surface area contributed by atoms with Crippen LogP contribution in [0.1, 0.15) is 36.1 Å². The number of rotatable bonds is 9. The van der Waals surface area contributed by atoms with Crippen molar-refractivity contribution in [3.8, 4) is 10.6 Å². The quantitative estimate of drug-likeness (QED) is 0.404. The van der Waals surface area contributed by atoms with Gasteiger partial charge in [-0.15, -0.1) is 11.3 Å². The number of ether oxygens (including phenoxy) is 1. The number of hydrogen-bond acceptors (Lipinski definition) is 8. The number of sulfonamides is 1. The van der Waals surface area contributed by atoms with Crippen LogP contribution in [0.3, 0.4) is 0 Å². The molecule has 0 aliphatic heterocycles. The molecule has 1 saturated carbocycles. The highest BCUT2D eigenvalue weighted by Gasteiger charge is 2.63. The number of aliphatic carboxylic acids is 1. The molecule has 3 aromatic rings. The molecule has 1 fully saturated rings. The molecule has 0 bridgehead atoms. The van der Waals surface area contributed by atoms with Gasteiger partial charge < -0.3 is 14.4 Å². The number of aromatic nitrogens is 1. The van der Waals surface area contributed by atoms with Crippen molar-refractivity contribution >= 4 is 33.3 Å². The van der Waals surface area contributed by atoms with Gasteiger partial charge in [-0.1, -0.05) is 29.4 Å². The monoisotopic (exact) mass is 526 g/mol. The number of alkyl halides is 2. The summed E-state index contributed by atoms with van der Waals surface area (Å²) in [5.41, 5.74) is -0.555. The second-order valence-electron chi connectivity index (χ2n) is 8.22. The molecule has 1 aliphatic carbocycles. The van der Waals surface area contributed by atoms with Crippen LogP contribution in [0.2, 0.25) is 0 Å². The number of hydrogen-bond donors (Lipinski definition) is 2. The minimum atomic E-state index is -4.28. The Bertz CT molecular complexity index is 1390. The van der Waals surface area contributed by atoms with Crippen LogP contribution in [0.4, 0.5) is 8.78 Å². The largest absolute Gasteiger partial charge is 0.480 e. The van der Waals surface area contributed by atoms with Crippen molar-refractivity contribution < 1.29 is 41.2 Å². The van der Waals surface area contributed by atoms with Gasteiger partial charge in [-0.2, -0.15) is 13.5 Å². The number of nitrogens with one attached hydrogen (secondary N) is 1. The number of methoxy groups -OCH3 is 1. The predicted molar refractivity (Wildman–Crippen MR) is 120 cm³/mol. The van der Waals surface area contributed by atoms with Crippen molar-refractivity contribution in [3.05, 3.63) is 59.4 Å². The van der Waals surface area contributed by atoms with E-state index in [1.165, 1.54) is 19.2 Å². The maximum Gasteiger partial charge on any atom is 0.325 e. The van der Waals surface area contributed by atoms with Crippen LogP contribution in [-0.4, -0.2) is 43.3 Å². The molecular weight excluding hydrogens is 506 g/mol. The van der Waals surface area contributed by atoms with Gasteiger partial charge in [0.2, 0.25) is 5.76 Å². The minimum absolute atomic E-state index is 0.00540. The van der Waals surface area contributed by atoms with Gasteiger partial charge >= 0.3 is 17.9 Å². The fourth-order valence-electron chi connectivity index (χ4n) is 3.71. The van der Waals surface area contributed by atoms with E-state index in [-0.39, 0.29) is 27.6 Å². The standard InChI is InChI=1S/C22H20F2N2O7S2/c1-21(23,24)17-10-15(25-33-17)16-6-7-19(34-16)35(30,31)26-22(20(28)29)11-14(22)13-5-3-4-12(8-13)9-18(27)32-2/h3-8,10,14,26H,9,11H2,1-2H3,(H,28,29). The summed E-state index contributed by atoms with van der Waals surface area (Å²) in [5.74, 6) is -6.37. The van der Waals surface area contributed by atoms with Crippen LogP contribution in [0.25, 0.3) is 10.6 Å². The summed E-state index contributed by atoms with van der Waals surface area (Å²) >= 11 is 0.744. The lowest BCUT2D eigenvalue weighted by atomic mass is 10.0. The number of carbonyl (C=O) groups excluding carboxylic acids is 1. The number of thiophene rings is 1. The van der Waals surface area contributed by atoms with Crippen LogP contribution < -0.4 is 4.72 Å². The van der Waals surface area contributed by atoms with Gasteiger partial charge in [0.15, 0.2) is 0 Å². The molecule has 1 aromatic carbocycles. The van der Waals surface area contributed by atoms with Crippen LogP contribution in [0.5, 0.6) is 0 Å². The highest BCUT2D eigenvalue weighted by molar-refractivity contribution is 7.91. The third kappa shape index (κ3) is 4.97. The lowest BCUT2D eigenvalue weighted by molar-refractivity contribution is -0.141. The second kappa shape index (κ2) is 8.81. The third-order valence-electron chi connectivity index (χ3n) is 5.63. The summed E-state index contributed by atoms with van der Waals surface area (Å²) in [4.78, 5) is 23.9. The maximum atomic E-state index is 13.4. The summed E-state index contributed by atoms with van der Waals surface area (Å²) in [7, 11) is -3.02. The van der Waals surface area contributed by atoms with E-state index in [1.807, 2.05) is 0 Å². The Hall–Kier alpha value is -3.16. The lowest BCUT2D eigenvalue weighted by Crippen LogP contribution is -2.44. The lowest BCUT2D eigenvalue weighted by Gasteiger charge is -2.15. The summed E-state index contributed by atoms with van der Waals surface area (Å²) in [6, 6.07) is 10.3. The van der Waals surface area contributed by atoms with E-state index in [1.54, 1.807) is 24.3 Å². The van der Waals surface area contributed by atoms with Crippen LogP contribution >= 0.6 is 11.3 Å². The molecule has 186 valence electrons. The number of halogens is 2. The van der Waals surface area contributed by atoms with Crippen molar-refractivity contribution in [3.63, 3.8) is 0 Å². The molecule has 1 aliphatic rings. The van der Waals surface area contributed by atoms with Gasteiger partial charge in [-0.3, -0.25) is 9.59 Å². The van der Waals surface area contributed by atoms with Crippen LogP contribution in [0.15, 0.2) is 51.2 Å². The van der Waals surface area contributed by atoms with E-state index in [9.17, 15) is 31.9 Å². The van der Waals surface area contributed by atoms with Crippen molar-refractivity contribution in [2.24, 2.45) is 0 Å². The van der Waals surface area contributed by atoms with Gasteiger partial charge in [0, 0.05) is 18.9 Å². The van der Waals surface area contributed by atoms with E-state index >= 15 is 0 Å². The number of esters is 1. The van der Waals surface area contributed by atoms with E-state index in [0.717, 1.165) is 17.4 Å². The Morgan fingerprint density at radius 3 is 2.69 bits per heavy atom. The van der Waals surface area contributed by atoms with E-state index in [2.05, 4.69) is 19.1 Å². The highest BCUT2D eigenvalue weighted by atomic mass is 32.2. The average molecular weight is 527 g/mol. The molecule has 0 spiro atoms. The fourth-order valence-corrected chi connectivity index (χ4v) is 6.37. The molecule has 2 heterocycles. The normalized spacial score (nSPS) is 19.9. The van der Waals surface area contributed by atoms with Crippen molar-refractivity contribution in [1.29, 1.82) is 0 Å². The molecule has 0 saturated heterocycles. The van der Waals surface area contributed by atoms with Crippen LogP contribution in [-0.2, 0) is 36.7 Å². The Kier molecular flexibility index (Phi) is 6.28. The summed E-state index contributed by atoms with van der Waals surface area (Å²) in [5, 5.41) is 13.4. The molecule has 0 radical (unpaired) electrons. The van der Waals surface area contributed by atoms with Crippen LogP contribution in [0, 0.1) is 0 Å². The third-order valence-corrected chi connectivity index (χ3v) is 8.74. The molecule has 35 heavy (non-hydrogen) atoms. The molecule has 2 atom stereocenters. The highest BCUT2D eigenvalue weighted by Crippen LogP contribution is 2.53. The number of benzene rings is 1. The zero-order valence-corrected chi connectivity index (χ0v) is 20.1. The Morgan fingerprint density at radius 1 is 1.31 bits per heavy atom. The van der Waals surface area contributed by atoms with Crippen molar-refractivity contribution in [2.75, 3.05) is 7.11 Å².